The van der Waals surface area contributed by atoms with E-state index in [1.165, 1.54) is 0 Å². The first-order valence-corrected chi connectivity index (χ1v) is 7.36. The Kier molecular flexibility index (Phi) is 7.46. The molecule has 0 saturated heterocycles. The van der Waals surface area contributed by atoms with Crippen LogP contribution in [0.5, 0.6) is 0 Å². The second-order valence-electron chi connectivity index (χ2n) is 4.82. The normalized spacial score (nSPS) is 11.9. The maximum Gasteiger partial charge on any atom is 0.312 e. The Morgan fingerprint density at radius 2 is 1.81 bits per heavy atom. The first kappa shape index (κ1) is 17.2. The molecule has 0 aliphatic carbocycles. The van der Waals surface area contributed by atoms with E-state index in [2.05, 4.69) is 5.32 Å². The zero-order valence-corrected chi connectivity index (χ0v) is 12.7. The molecule has 0 aliphatic heterocycles. The van der Waals surface area contributed by atoms with E-state index in [0.717, 1.165) is 5.56 Å². The molecular weight excluding hydrogens is 268 g/mol. The molecule has 1 amide bonds. The second-order valence-corrected chi connectivity index (χ2v) is 4.82. The molecule has 2 N–H and O–H groups in total. The average Bonchev–Trinajstić information content (AvgIpc) is 2.49. The van der Waals surface area contributed by atoms with Gasteiger partial charge in [-0.3, -0.25) is 9.59 Å². The summed E-state index contributed by atoms with van der Waals surface area (Å²) in [6, 6.07) is 9.13. The standard InChI is InChI=1S/C16H24N2O3/c1-3-18(4-2)15(19)10-11-17-12-14(16(20)21)13-8-6-5-7-9-13/h5-9,14,17H,3-4,10-12H2,1-2H3,(H,20,21). The molecular formula is C16H24N2O3. The van der Waals surface area contributed by atoms with Crippen molar-refractivity contribution < 1.29 is 14.7 Å². The first-order chi connectivity index (χ1) is 10.1. The van der Waals surface area contributed by atoms with Gasteiger partial charge >= 0.3 is 5.97 Å². The molecule has 116 valence electrons. The van der Waals surface area contributed by atoms with E-state index in [9.17, 15) is 14.7 Å². The molecule has 0 radical (unpaired) electrons. The summed E-state index contributed by atoms with van der Waals surface area (Å²) in [6.07, 6.45) is 0.392. The van der Waals surface area contributed by atoms with Crippen molar-refractivity contribution >= 4 is 11.9 Å². The van der Waals surface area contributed by atoms with E-state index in [1.807, 2.05) is 44.2 Å². The molecule has 5 heteroatoms. The SMILES string of the molecule is CCN(CC)C(=O)CCNCC(C(=O)O)c1ccccc1. The van der Waals surface area contributed by atoms with Crippen molar-refractivity contribution in [3.63, 3.8) is 0 Å². The van der Waals surface area contributed by atoms with Crippen LogP contribution in [0.25, 0.3) is 0 Å². The summed E-state index contributed by atoms with van der Waals surface area (Å²) >= 11 is 0. The lowest BCUT2D eigenvalue weighted by molar-refractivity contribution is -0.138. The number of carboxylic acid groups (broad SMARTS) is 1. The number of amides is 1. The molecule has 1 atom stereocenters. The van der Waals surface area contributed by atoms with Crippen molar-refractivity contribution in [1.29, 1.82) is 0 Å². The third-order valence-electron chi connectivity index (χ3n) is 3.48. The number of hydrogen-bond donors (Lipinski definition) is 2. The van der Waals surface area contributed by atoms with Gasteiger partial charge in [-0.2, -0.15) is 0 Å². The number of carboxylic acids is 1. The van der Waals surface area contributed by atoms with Crippen LogP contribution in [0.4, 0.5) is 0 Å². The molecule has 0 aliphatic rings. The van der Waals surface area contributed by atoms with Gasteiger partial charge in [0, 0.05) is 32.6 Å². The summed E-state index contributed by atoms with van der Waals surface area (Å²) in [7, 11) is 0. The Morgan fingerprint density at radius 3 is 2.33 bits per heavy atom. The van der Waals surface area contributed by atoms with Crippen LogP contribution in [0.1, 0.15) is 31.7 Å². The quantitative estimate of drug-likeness (QED) is 0.680. The second kappa shape index (κ2) is 9.13. The lowest BCUT2D eigenvalue weighted by Gasteiger charge is -2.19. The Labute approximate surface area is 126 Å². The molecule has 5 nitrogen and oxygen atoms in total. The Morgan fingerprint density at radius 1 is 1.19 bits per heavy atom. The van der Waals surface area contributed by atoms with Crippen LogP contribution in [-0.2, 0) is 9.59 Å². The topological polar surface area (TPSA) is 69.6 Å². The third-order valence-corrected chi connectivity index (χ3v) is 3.48. The minimum Gasteiger partial charge on any atom is -0.481 e. The third kappa shape index (κ3) is 5.55. The first-order valence-electron chi connectivity index (χ1n) is 7.36. The summed E-state index contributed by atoms with van der Waals surface area (Å²) < 4.78 is 0. The van der Waals surface area contributed by atoms with E-state index < -0.39 is 11.9 Å². The molecule has 0 spiro atoms. The van der Waals surface area contributed by atoms with Gasteiger partial charge in [-0.1, -0.05) is 30.3 Å². The monoisotopic (exact) mass is 292 g/mol. The van der Waals surface area contributed by atoms with Crippen molar-refractivity contribution in [2.24, 2.45) is 0 Å². The molecule has 0 aromatic heterocycles. The van der Waals surface area contributed by atoms with Crippen LogP contribution in [0.3, 0.4) is 0 Å². The smallest absolute Gasteiger partial charge is 0.312 e. The summed E-state index contributed by atoms with van der Waals surface area (Å²) in [5.74, 6) is -1.35. The lowest BCUT2D eigenvalue weighted by Crippen LogP contribution is -2.34. The number of carbonyl (C=O) groups is 2. The van der Waals surface area contributed by atoms with Crippen LogP contribution < -0.4 is 5.32 Å². The van der Waals surface area contributed by atoms with Gasteiger partial charge in [0.05, 0.1) is 5.92 Å². The van der Waals surface area contributed by atoms with Crippen molar-refractivity contribution in [2.75, 3.05) is 26.2 Å². The van der Waals surface area contributed by atoms with Crippen LogP contribution in [0.15, 0.2) is 30.3 Å². The zero-order valence-electron chi connectivity index (χ0n) is 12.7. The highest BCUT2D eigenvalue weighted by Gasteiger charge is 2.19. The summed E-state index contributed by atoms with van der Waals surface area (Å²) in [5, 5.41) is 12.4. The van der Waals surface area contributed by atoms with Crippen molar-refractivity contribution in [3.8, 4) is 0 Å². The fraction of sp³-hybridized carbons (Fsp3) is 0.500. The van der Waals surface area contributed by atoms with Gasteiger partial charge in [0.2, 0.25) is 5.91 Å². The molecule has 0 saturated carbocycles. The Balaban J connectivity index is 2.42. The van der Waals surface area contributed by atoms with Crippen molar-refractivity contribution in [2.45, 2.75) is 26.2 Å². The predicted molar refractivity (Wildman–Crippen MR) is 82.2 cm³/mol. The van der Waals surface area contributed by atoms with E-state index in [4.69, 9.17) is 0 Å². The Hall–Kier alpha value is -1.88. The van der Waals surface area contributed by atoms with Crippen molar-refractivity contribution in [3.05, 3.63) is 35.9 Å². The molecule has 0 fully saturated rings. The van der Waals surface area contributed by atoms with Crippen molar-refractivity contribution in [1.82, 2.24) is 10.2 Å². The maximum absolute atomic E-state index is 11.8. The van der Waals surface area contributed by atoms with Gasteiger partial charge in [0.25, 0.3) is 0 Å². The number of rotatable bonds is 9. The minimum atomic E-state index is -0.858. The van der Waals surface area contributed by atoms with E-state index >= 15 is 0 Å². The highest BCUT2D eigenvalue weighted by Crippen LogP contribution is 2.14. The van der Waals surface area contributed by atoms with Gasteiger partial charge in [0.1, 0.15) is 0 Å². The fourth-order valence-corrected chi connectivity index (χ4v) is 2.21. The number of aliphatic carboxylic acids is 1. The predicted octanol–water partition coefficient (Wildman–Crippen LogP) is 1.70. The molecule has 1 rings (SSSR count). The van der Waals surface area contributed by atoms with Gasteiger partial charge in [0.15, 0.2) is 0 Å². The van der Waals surface area contributed by atoms with Crippen LogP contribution in [0, 0.1) is 0 Å². The molecule has 0 bridgehead atoms. The average molecular weight is 292 g/mol. The highest BCUT2D eigenvalue weighted by atomic mass is 16.4. The fourth-order valence-electron chi connectivity index (χ4n) is 2.21. The van der Waals surface area contributed by atoms with E-state index in [1.54, 1.807) is 4.90 Å². The summed E-state index contributed by atoms with van der Waals surface area (Å²) in [5.41, 5.74) is 0.771. The van der Waals surface area contributed by atoms with Crippen LogP contribution in [0.2, 0.25) is 0 Å². The number of benzene rings is 1. The van der Waals surface area contributed by atoms with E-state index in [-0.39, 0.29) is 5.91 Å². The summed E-state index contributed by atoms with van der Waals surface area (Å²) in [4.78, 5) is 24.9. The van der Waals surface area contributed by atoms with E-state index in [0.29, 0.717) is 32.6 Å². The van der Waals surface area contributed by atoms with Gasteiger partial charge in [-0.15, -0.1) is 0 Å². The van der Waals surface area contributed by atoms with Gasteiger partial charge in [-0.25, -0.2) is 0 Å². The number of nitrogens with zero attached hydrogens (tertiary/aromatic N) is 1. The lowest BCUT2D eigenvalue weighted by atomic mass is 9.99. The molecule has 1 aromatic rings. The molecule has 1 unspecified atom stereocenters. The number of carbonyl (C=O) groups excluding carboxylic acids is 1. The van der Waals surface area contributed by atoms with Gasteiger partial charge < -0.3 is 15.3 Å². The number of hydrogen-bond acceptors (Lipinski definition) is 3. The zero-order chi connectivity index (χ0) is 15.7. The van der Waals surface area contributed by atoms with Crippen LogP contribution in [-0.4, -0.2) is 48.1 Å². The largest absolute Gasteiger partial charge is 0.481 e. The van der Waals surface area contributed by atoms with Crippen LogP contribution >= 0.6 is 0 Å². The summed E-state index contributed by atoms with van der Waals surface area (Å²) in [6.45, 7) is 6.13. The molecule has 1 aromatic carbocycles. The molecule has 0 heterocycles. The maximum atomic E-state index is 11.8. The minimum absolute atomic E-state index is 0.0964. The van der Waals surface area contributed by atoms with Gasteiger partial charge in [-0.05, 0) is 19.4 Å². The highest BCUT2D eigenvalue weighted by molar-refractivity contribution is 5.77. The Bertz CT molecular complexity index is 444. The number of nitrogens with one attached hydrogen (secondary N) is 1. The molecule has 21 heavy (non-hydrogen) atoms.